The van der Waals surface area contributed by atoms with Gasteiger partial charge in [0.05, 0.1) is 6.10 Å². The van der Waals surface area contributed by atoms with Crippen LogP contribution in [-0.4, -0.2) is 29.7 Å². The second kappa shape index (κ2) is 3.89. The molecule has 0 aromatic carbocycles. The molecular formula is C14H25NO2. The number of amides is 1. The van der Waals surface area contributed by atoms with Gasteiger partial charge in [-0.05, 0) is 43.9 Å². The van der Waals surface area contributed by atoms with Gasteiger partial charge in [-0.2, -0.15) is 0 Å². The van der Waals surface area contributed by atoms with Crippen molar-refractivity contribution in [3.05, 3.63) is 0 Å². The smallest absolute Gasteiger partial charge is 0.410 e. The Labute approximate surface area is 105 Å². The molecule has 2 rings (SSSR count). The fraction of sp³-hybridized carbons (Fsp3) is 0.929. The number of hydrogen-bond donors (Lipinski definition) is 0. The van der Waals surface area contributed by atoms with Gasteiger partial charge in [-0.3, -0.25) is 0 Å². The molecule has 3 heteroatoms. The number of nitrogens with zero attached hydrogens (tertiary/aromatic N) is 1. The van der Waals surface area contributed by atoms with Gasteiger partial charge in [-0.15, -0.1) is 0 Å². The summed E-state index contributed by atoms with van der Waals surface area (Å²) >= 11 is 0. The lowest BCUT2D eigenvalue weighted by Gasteiger charge is -2.39. The van der Waals surface area contributed by atoms with E-state index in [9.17, 15) is 4.79 Å². The monoisotopic (exact) mass is 239 g/mol. The number of fused-ring (bicyclic) bond motifs is 2. The van der Waals surface area contributed by atoms with Gasteiger partial charge in [0, 0.05) is 12.6 Å². The van der Waals surface area contributed by atoms with E-state index in [0.29, 0.717) is 16.9 Å². The first kappa shape index (κ1) is 12.7. The van der Waals surface area contributed by atoms with Crippen LogP contribution in [0.25, 0.3) is 0 Å². The van der Waals surface area contributed by atoms with Gasteiger partial charge in [0.15, 0.2) is 0 Å². The second-order valence-electron chi connectivity index (χ2n) is 7.27. The number of ether oxygens (including phenoxy) is 1. The fourth-order valence-corrected chi connectivity index (χ4v) is 3.94. The van der Waals surface area contributed by atoms with Crippen LogP contribution in [0.4, 0.5) is 4.79 Å². The van der Waals surface area contributed by atoms with E-state index < -0.39 is 0 Å². The van der Waals surface area contributed by atoms with Crippen molar-refractivity contribution in [2.45, 2.75) is 66.0 Å². The molecule has 2 fully saturated rings. The predicted molar refractivity (Wildman–Crippen MR) is 67.9 cm³/mol. The van der Waals surface area contributed by atoms with Crippen LogP contribution < -0.4 is 0 Å². The summed E-state index contributed by atoms with van der Waals surface area (Å²) < 4.78 is 5.34. The Balaban J connectivity index is 2.11. The highest BCUT2D eigenvalue weighted by Crippen LogP contribution is 2.52. The fourth-order valence-electron chi connectivity index (χ4n) is 3.94. The van der Waals surface area contributed by atoms with Crippen molar-refractivity contribution >= 4 is 6.09 Å². The number of carbonyl (C=O) groups excluding carboxylic acids is 1. The zero-order valence-electron chi connectivity index (χ0n) is 11.7. The van der Waals surface area contributed by atoms with Gasteiger partial charge < -0.3 is 9.64 Å². The van der Waals surface area contributed by atoms with E-state index in [1.54, 1.807) is 0 Å². The summed E-state index contributed by atoms with van der Waals surface area (Å²) in [4.78, 5) is 14.0. The van der Waals surface area contributed by atoms with Crippen LogP contribution in [0.15, 0.2) is 0 Å². The third kappa shape index (κ3) is 2.58. The Morgan fingerprint density at radius 2 is 1.94 bits per heavy atom. The Hall–Kier alpha value is -0.730. The maximum absolute atomic E-state index is 12.1. The Bertz CT molecular complexity index is 324. The SMILES string of the molecule is CC(C)OC(=O)N1CC2(C)CC1CC(C)(C)C2. The van der Waals surface area contributed by atoms with E-state index >= 15 is 0 Å². The minimum absolute atomic E-state index is 0.0243. The Morgan fingerprint density at radius 3 is 2.53 bits per heavy atom. The van der Waals surface area contributed by atoms with Crippen molar-refractivity contribution in [2.24, 2.45) is 10.8 Å². The Kier molecular flexibility index (Phi) is 2.91. The van der Waals surface area contributed by atoms with Crippen LogP contribution >= 0.6 is 0 Å². The summed E-state index contributed by atoms with van der Waals surface area (Å²) in [6.07, 6.45) is 3.32. The highest BCUT2D eigenvalue weighted by atomic mass is 16.6. The summed E-state index contributed by atoms with van der Waals surface area (Å²) in [5.41, 5.74) is 0.646. The third-order valence-electron chi connectivity index (χ3n) is 3.99. The molecule has 2 unspecified atom stereocenters. The average Bonchev–Trinajstić information content (AvgIpc) is 2.33. The quantitative estimate of drug-likeness (QED) is 0.701. The van der Waals surface area contributed by atoms with Crippen molar-refractivity contribution in [3.63, 3.8) is 0 Å². The van der Waals surface area contributed by atoms with Gasteiger partial charge in [0.25, 0.3) is 0 Å². The molecule has 1 aliphatic heterocycles. The van der Waals surface area contributed by atoms with Crippen LogP contribution in [0.1, 0.15) is 53.9 Å². The molecule has 2 aliphatic rings. The van der Waals surface area contributed by atoms with E-state index in [1.807, 2.05) is 18.7 Å². The number of carbonyl (C=O) groups is 1. The summed E-state index contributed by atoms with van der Waals surface area (Å²) in [5.74, 6) is 0. The maximum Gasteiger partial charge on any atom is 0.410 e. The summed E-state index contributed by atoms with van der Waals surface area (Å²) in [7, 11) is 0. The normalized spacial score (nSPS) is 35.2. The highest BCUT2D eigenvalue weighted by Gasteiger charge is 2.51. The molecular weight excluding hydrogens is 214 g/mol. The maximum atomic E-state index is 12.1. The van der Waals surface area contributed by atoms with E-state index in [-0.39, 0.29) is 12.2 Å². The lowest BCUT2D eigenvalue weighted by Crippen LogP contribution is -2.38. The molecule has 98 valence electrons. The molecule has 0 aromatic rings. The number of likely N-dealkylation sites (tertiary alicyclic amines) is 1. The molecule has 1 amide bonds. The standard InChI is InChI=1S/C14H25NO2/c1-10(2)17-12(16)15-9-14(5)7-11(15)6-13(3,4)8-14/h10-11H,6-9H2,1-5H3. The third-order valence-corrected chi connectivity index (χ3v) is 3.99. The molecule has 1 heterocycles. The minimum atomic E-state index is -0.119. The zero-order chi connectivity index (χ0) is 12.8. The first-order valence-corrected chi connectivity index (χ1v) is 6.68. The number of rotatable bonds is 1. The van der Waals surface area contributed by atoms with Gasteiger partial charge in [0.1, 0.15) is 0 Å². The molecule has 2 bridgehead atoms. The van der Waals surface area contributed by atoms with Crippen molar-refractivity contribution < 1.29 is 9.53 Å². The Morgan fingerprint density at radius 1 is 1.29 bits per heavy atom. The molecule has 1 saturated carbocycles. The van der Waals surface area contributed by atoms with E-state index in [0.717, 1.165) is 19.4 Å². The molecule has 1 aliphatic carbocycles. The van der Waals surface area contributed by atoms with E-state index in [1.165, 1.54) is 6.42 Å². The lowest BCUT2D eigenvalue weighted by molar-refractivity contribution is 0.0684. The van der Waals surface area contributed by atoms with Crippen LogP contribution in [0.2, 0.25) is 0 Å². The molecule has 0 N–H and O–H groups in total. The first-order chi connectivity index (χ1) is 7.71. The predicted octanol–water partition coefficient (Wildman–Crippen LogP) is 3.43. The molecule has 0 aromatic heterocycles. The summed E-state index contributed by atoms with van der Waals surface area (Å²) in [6.45, 7) is 11.6. The van der Waals surface area contributed by atoms with Crippen LogP contribution in [0, 0.1) is 10.8 Å². The van der Waals surface area contributed by atoms with Crippen molar-refractivity contribution in [2.75, 3.05) is 6.54 Å². The topological polar surface area (TPSA) is 29.5 Å². The molecule has 17 heavy (non-hydrogen) atoms. The largest absolute Gasteiger partial charge is 0.447 e. The molecule has 0 radical (unpaired) electrons. The minimum Gasteiger partial charge on any atom is -0.447 e. The lowest BCUT2D eigenvalue weighted by atomic mass is 9.65. The number of hydrogen-bond acceptors (Lipinski definition) is 2. The van der Waals surface area contributed by atoms with E-state index in [2.05, 4.69) is 20.8 Å². The average molecular weight is 239 g/mol. The van der Waals surface area contributed by atoms with Crippen LogP contribution in [-0.2, 0) is 4.74 Å². The van der Waals surface area contributed by atoms with Gasteiger partial charge in [-0.25, -0.2) is 4.79 Å². The van der Waals surface area contributed by atoms with Crippen molar-refractivity contribution in [1.29, 1.82) is 0 Å². The van der Waals surface area contributed by atoms with Gasteiger partial charge >= 0.3 is 6.09 Å². The first-order valence-electron chi connectivity index (χ1n) is 6.68. The van der Waals surface area contributed by atoms with Crippen LogP contribution in [0.5, 0.6) is 0 Å². The molecule has 2 atom stereocenters. The second-order valence-corrected chi connectivity index (χ2v) is 7.27. The van der Waals surface area contributed by atoms with E-state index in [4.69, 9.17) is 4.74 Å². The van der Waals surface area contributed by atoms with Gasteiger partial charge in [-0.1, -0.05) is 20.8 Å². The summed E-state index contributed by atoms with van der Waals surface area (Å²) in [5, 5.41) is 0. The zero-order valence-corrected chi connectivity index (χ0v) is 11.7. The van der Waals surface area contributed by atoms with Crippen molar-refractivity contribution in [1.82, 2.24) is 4.90 Å². The molecule has 1 saturated heterocycles. The van der Waals surface area contributed by atoms with Crippen LogP contribution in [0.3, 0.4) is 0 Å². The molecule has 3 nitrogen and oxygen atoms in total. The van der Waals surface area contributed by atoms with Gasteiger partial charge in [0.2, 0.25) is 0 Å². The summed E-state index contributed by atoms with van der Waals surface area (Å²) in [6, 6.07) is 0.384. The highest BCUT2D eigenvalue weighted by molar-refractivity contribution is 5.69. The van der Waals surface area contributed by atoms with Crippen molar-refractivity contribution in [3.8, 4) is 0 Å². The molecule has 0 spiro atoms.